The summed E-state index contributed by atoms with van der Waals surface area (Å²) in [5.74, 6) is 0.262. The summed E-state index contributed by atoms with van der Waals surface area (Å²) >= 11 is 0. The fourth-order valence-electron chi connectivity index (χ4n) is 2.91. The van der Waals surface area contributed by atoms with Crippen molar-refractivity contribution in [2.75, 3.05) is 6.54 Å². The molecular weight excluding hydrogens is 318 g/mol. The lowest BCUT2D eigenvalue weighted by Crippen LogP contribution is -2.27. The molecule has 2 aromatic rings. The number of fused-ring (bicyclic) bond motifs is 1. The van der Waals surface area contributed by atoms with Crippen molar-refractivity contribution in [1.29, 1.82) is 0 Å². The first-order chi connectivity index (χ1) is 11.7. The average molecular weight is 345 g/mol. The monoisotopic (exact) mass is 345 g/mol. The van der Waals surface area contributed by atoms with Gasteiger partial charge in [-0.25, -0.2) is 4.98 Å². The van der Waals surface area contributed by atoms with Gasteiger partial charge in [0, 0.05) is 18.2 Å². The molecule has 1 atom stereocenters. The molecule has 136 valence electrons. The Morgan fingerprint density at radius 1 is 1.44 bits per heavy atom. The Balaban J connectivity index is 1.97. The summed E-state index contributed by atoms with van der Waals surface area (Å²) in [5, 5.41) is 17.2. The van der Waals surface area contributed by atoms with Crippen LogP contribution in [-0.2, 0) is 6.42 Å². The van der Waals surface area contributed by atoms with Gasteiger partial charge in [-0.1, -0.05) is 25.9 Å². The highest BCUT2D eigenvalue weighted by molar-refractivity contribution is 6.06. The summed E-state index contributed by atoms with van der Waals surface area (Å²) < 4.78 is 5.47. The molecule has 1 saturated carbocycles. The molecule has 1 aliphatic carbocycles. The summed E-state index contributed by atoms with van der Waals surface area (Å²) in [6.07, 6.45) is 2.99. The second kappa shape index (κ2) is 6.75. The molecule has 25 heavy (non-hydrogen) atoms. The lowest BCUT2D eigenvalue weighted by atomic mass is 9.89. The van der Waals surface area contributed by atoms with E-state index >= 15 is 0 Å². The molecule has 0 spiro atoms. The van der Waals surface area contributed by atoms with Crippen LogP contribution in [-0.4, -0.2) is 33.8 Å². The van der Waals surface area contributed by atoms with Crippen LogP contribution < -0.4 is 5.32 Å². The average Bonchev–Trinajstić information content (AvgIpc) is 3.28. The number of nitrogens with one attached hydrogen (secondary N) is 1. The summed E-state index contributed by atoms with van der Waals surface area (Å²) in [5.41, 5.74) is 2.74. The Bertz CT molecular complexity index is 770. The lowest BCUT2D eigenvalue weighted by molar-refractivity contribution is 0.0947. The van der Waals surface area contributed by atoms with E-state index in [9.17, 15) is 9.90 Å². The van der Waals surface area contributed by atoms with Crippen molar-refractivity contribution < 1.29 is 14.4 Å². The number of nitrogens with zero attached hydrogens (tertiary/aromatic N) is 2. The van der Waals surface area contributed by atoms with Gasteiger partial charge in [0.05, 0.1) is 22.7 Å². The molecule has 3 rings (SSSR count). The maximum atomic E-state index is 12.8. The van der Waals surface area contributed by atoms with Crippen LogP contribution in [0.25, 0.3) is 11.1 Å². The highest BCUT2D eigenvalue weighted by Gasteiger charge is 2.29. The van der Waals surface area contributed by atoms with E-state index in [1.54, 1.807) is 6.92 Å². The first kappa shape index (κ1) is 17.9. The number of amides is 1. The fourth-order valence-corrected chi connectivity index (χ4v) is 2.91. The van der Waals surface area contributed by atoms with Gasteiger partial charge < -0.3 is 14.9 Å². The van der Waals surface area contributed by atoms with Crippen molar-refractivity contribution >= 4 is 17.0 Å². The lowest BCUT2D eigenvalue weighted by Gasteiger charge is -2.16. The van der Waals surface area contributed by atoms with E-state index in [1.165, 1.54) is 0 Å². The molecule has 0 bridgehead atoms. The van der Waals surface area contributed by atoms with E-state index in [0.29, 0.717) is 42.0 Å². The van der Waals surface area contributed by atoms with Gasteiger partial charge in [0.15, 0.2) is 0 Å². The summed E-state index contributed by atoms with van der Waals surface area (Å²) in [6.45, 7) is 8.52. The molecule has 1 unspecified atom stereocenters. The van der Waals surface area contributed by atoms with Crippen molar-refractivity contribution in [1.82, 2.24) is 15.5 Å². The second-order valence-electron chi connectivity index (χ2n) is 8.31. The first-order valence-electron chi connectivity index (χ1n) is 9.00. The van der Waals surface area contributed by atoms with Crippen LogP contribution in [0.3, 0.4) is 0 Å². The van der Waals surface area contributed by atoms with Crippen LogP contribution in [0.5, 0.6) is 0 Å². The molecule has 2 heterocycles. The van der Waals surface area contributed by atoms with Gasteiger partial charge in [0.25, 0.3) is 11.6 Å². The van der Waals surface area contributed by atoms with E-state index in [4.69, 9.17) is 4.52 Å². The normalized spacial score (nSPS) is 16.2. The summed E-state index contributed by atoms with van der Waals surface area (Å²) in [7, 11) is 0. The van der Waals surface area contributed by atoms with Crippen molar-refractivity contribution in [3.8, 4) is 0 Å². The third kappa shape index (κ3) is 4.37. The third-order valence-electron chi connectivity index (χ3n) is 4.32. The quantitative estimate of drug-likeness (QED) is 0.839. The summed E-state index contributed by atoms with van der Waals surface area (Å²) in [4.78, 5) is 17.4. The van der Waals surface area contributed by atoms with E-state index in [1.807, 2.05) is 6.07 Å². The zero-order chi connectivity index (χ0) is 18.2. The molecule has 0 aromatic carbocycles. The number of carbonyl (C=O) groups excluding carboxylic acids is 1. The van der Waals surface area contributed by atoms with Crippen LogP contribution in [0, 0.1) is 5.41 Å². The predicted octanol–water partition coefficient (Wildman–Crippen LogP) is 3.19. The van der Waals surface area contributed by atoms with Crippen LogP contribution in [0.2, 0.25) is 0 Å². The molecule has 2 aromatic heterocycles. The number of hydrogen-bond donors (Lipinski definition) is 2. The Morgan fingerprint density at radius 3 is 2.76 bits per heavy atom. The number of aromatic nitrogens is 2. The number of carbonyl (C=O) groups is 1. The number of rotatable bonds is 6. The first-order valence-corrected chi connectivity index (χ1v) is 9.00. The minimum absolute atomic E-state index is 0.0268. The zero-order valence-electron chi connectivity index (χ0n) is 15.4. The molecule has 1 amide bonds. The van der Waals surface area contributed by atoms with Gasteiger partial charge in [-0.05, 0) is 44.1 Å². The largest absolute Gasteiger partial charge is 0.393 e. The molecule has 1 fully saturated rings. The van der Waals surface area contributed by atoms with Gasteiger partial charge in [0.1, 0.15) is 0 Å². The van der Waals surface area contributed by atoms with Gasteiger partial charge in [0.2, 0.25) is 0 Å². The SMILES string of the molecule is CC(O)CCNC(=O)c1cc(C2CC2)nc2onc(CC(C)(C)C)c12. The van der Waals surface area contributed by atoms with Gasteiger partial charge in [-0.2, -0.15) is 0 Å². The van der Waals surface area contributed by atoms with Gasteiger partial charge >= 0.3 is 0 Å². The highest BCUT2D eigenvalue weighted by atomic mass is 16.5. The van der Waals surface area contributed by atoms with E-state index in [-0.39, 0.29) is 11.3 Å². The van der Waals surface area contributed by atoms with Crippen LogP contribution in [0.1, 0.15) is 74.6 Å². The maximum absolute atomic E-state index is 12.8. The third-order valence-corrected chi connectivity index (χ3v) is 4.32. The number of pyridine rings is 1. The van der Waals surface area contributed by atoms with E-state index in [2.05, 4.69) is 36.2 Å². The van der Waals surface area contributed by atoms with Crippen molar-refractivity contribution in [2.24, 2.45) is 5.41 Å². The Kier molecular flexibility index (Phi) is 4.82. The molecular formula is C19H27N3O3. The standard InChI is InChI=1S/C19H27N3O3/c1-11(23)7-8-20-17(24)13-9-14(12-5-6-12)21-18-16(13)15(22-25-18)10-19(2,3)4/h9,11-12,23H,5-8,10H2,1-4H3,(H,20,24). The molecule has 6 nitrogen and oxygen atoms in total. The van der Waals surface area contributed by atoms with Crippen molar-refractivity contribution in [3.63, 3.8) is 0 Å². The molecule has 2 N–H and O–H groups in total. The van der Waals surface area contributed by atoms with Gasteiger partial charge in [-0.3, -0.25) is 4.79 Å². The van der Waals surface area contributed by atoms with Crippen molar-refractivity contribution in [2.45, 2.75) is 65.4 Å². The minimum Gasteiger partial charge on any atom is -0.393 e. The fraction of sp³-hybridized carbons (Fsp3) is 0.632. The summed E-state index contributed by atoms with van der Waals surface area (Å²) in [6, 6.07) is 1.89. The minimum atomic E-state index is -0.438. The zero-order valence-corrected chi connectivity index (χ0v) is 15.4. The van der Waals surface area contributed by atoms with Crippen LogP contribution in [0.15, 0.2) is 10.6 Å². The van der Waals surface area contributed by atoms with E-state index < -0.39 is 6.10 Å². The highest BCUT2D eigenvalue weighted by Crippen LogP contribution is 2.40. The molecule has 1 aliphatic rings. The molecule has 0 aliphatic heterocycles. The number of hydrogen-bond acceptors (Lipinski definition) is 5. The molecule has 6 heteroatoms. The Hall–Kier alpha value is -1.95. The Morgan fingerprint density at radius 2 is 2.16 bits per heavy atom. The Labute approximate surface area is 148 Å². The van der Waals surface area contributed by atoms with Crippen LogP contribution in [0.4, 0.5) is 0 Å². The maximum Gasteiger partial charge on any atom is 0.259 e. The number of aliphatic hydroxyl groups excluding tert-OH is 1. The van der Waals surface area contributed by atoms with Crippen molar-refractivity contribution in [3.05, 3.63) is 23.0 Å². The number of aliphatic hydroxyl groups is 1. The van der Waals surface area contributed by atoms with E-state index in [0.717, 1.165) is 24.2 Å². The smallest absolute Gasteiger partial charge is 0.259 e. The van der Waals surface area contributed by atoms with Crippen LogP contribution >= 0.6 is 0 Å². The predicted molar refractivity (Wildman–Crippen MR) is 95.6 cm³/mol. The second-order valence-corrected chi connectivity index (χ2v) is 8.31. The van der Waals surface area contributed by atoms with Gasteiger partial charge in [-0.15, -0.1) is 0 Å². The molecule has 0 saturated heterocycles. The molecule has 0 radical (unpaired) electrons. The topological polar surface area (TPSA) is 88.2 Å².